The number of carbonyl (C=O) groups excluding carboxylic acids is 1. The van der Waals surface area contributed by atoms with Gasteiger partial charge in [-0.3, -0.25) is 4.79 Å². The van der Waals surface area contributed by atoms with Crippen molar-refractivity contribution in [3.8, 4) is 17.2 Å². The predicted octanol–water partition coefficient (Wildman–Crippen LogP) is 4.23. The average Bonchev–Trinajstić information content (AvgIpc) is 3.51. The Hall–Kier alpha value is -2.69. The normalized spacial score (nSPS) is 14.4. The Morgan fingerprint density at radius 3 is 2.23 bits per heavy atom. The molecule has 5 nitrogen and oxygen atoms in total. The van der Waals surface area contributed by atoms with Crippen molar-refractivity contribution >= 4 is 11.6 Å². The molecule has 5 heteroatoms. The van der Waals surface area contributed by atoms with E-state index < -0.39 is 0 Å². The maximum absolute atomic E-state index is 12.7. The van der Waals surface area contributed by atoms with Gasteiger partial charge in [0.25, 0.3) is 0 Å². The van der Waals surface area contributed by atoms with Crippen molar-refractivity contribution < 1.29 is 19.0 Å². The first-order valence-electron chi connectivity index (χ1n) is 8.80. The van der Waals surface area contributed by atoms with Gasteiger partial charge in [0.05, 0.1) is 27.0 Å². The fraction of sp³-hybridized carbons (Fsp3) is 0.381. The lowest BCUT2D eigenvalue weighted by Gasteiger charge is -2.18. The van der Waals surface area contributed by atoms with E-state index in [0.29, 0.717) is 29.5 Å². The van der Waals surface area contributed by atoms with Gasteiger partial charge >= 0.3 is 0 Å². The number of rotatable bonds is 8. The molecule has 1 amide bonds. The zero-order valence-electron chi connectivity index (χ0n) is 15.5. The lowest BCUT2D eigenvalue weighted by atomic mass is 9.90. The molecule has 26 heavy (non-hydrogen) atoms. The maximum atomic E-state index is 12.7. The second kappa shape index (κ2) is 8.13. The van der Waals surface area contributed by atoms with Gasteiger partial charge in [-0.25, -0.2) is 0 Å². The SMILES string of the molecule is COc1ccc(C(CC(=O)Nc2ccc(OC)cc2OC)C2CC2)cc1. The molecule has 138 valence electrons. The maximum Gasteiger partial charge on any atom is 0.225 e. The fourth-order valence-corrected chi connectivity index (χ4v) is 3.21. The molecule has 1 fully saturated rings. The van der Waals surface area contributed by atoms with Crippen LogP contribution in [0.3, 0.4) is 0 Å². The molecule has 1 atom stereocenters. The minimum absolute atomic E-state index is 0.0128. The highest BCUT2D eigenvalue weighted by Gasteiger charge is 2.33. The lowest BCUT2D eigenvalue weighted by molar-refractivity contribution is -0.116. The molecule has 2 aromatic carbocycles. The highest BCUT2D eigenvalue weighted by atomic mass is 16.5. The number of carbonyl (C=O) groups is 1. The van der Waals surface area contributed by atoms with E-state index in [-0.39, 0.29) is 11.8 Å². The van der Waals surface area contributed by atoms with Gasteiger partial charge in [-0.1, -0.05) is 12.1 Å². The van der Waals surface area contributed by atoms with Crippen LogP contribution in [0.5, 0.6) is 17.2 Å². The summed E-state index contributed by atoms with van der Waals surface area (Å²) in [6.45, 7) is 0. The summed E-state index contributed by atoms with van der Waals surface area (Å²) in [5, 5.41) is 2.97. The van der Waals surface area contributed by atoms with Crippen LogP contribution < -0.4 is 19.5 Å². The number of methoxy groups -OCH3 is 3. The Labute approximate surface area is 154 Å². The summed E-state index contributed by atoms with van der Waals surface area (Å²) in [4.78, 5) is 12.7. The van der Waals surface area contributed by atoms with Gasteiger partial charge in [-0.15, -0.1) is 0 Å². The molecule has 0 saturated heterocycles. The summed E-state index contributed by atoms with van der Waals surface area (Å²) in [5.41, 5.74) is 1.84. The van der Waals surface area contributed by atoms with Crippen LogP contribution in [-0.2, 0) is 4.79 Å². The van der Waals surface area contributed by atoms with Crippen molar-refractivity contribution in [3.05, 3.63) is 48.0 Å². The first kappa shape index (κ1) is 18.1. The van der Waals surface area contributed by atoms with Gasteiger partial charge in [0, 0.05) is 12.5 Å². The highest BCUT2D eigenvalue weighted by molar-refractivity contribution is 5.93. The molecule has 1 aliphatic carbocycles. The van der Waals surface area contributed by atoms with E-state index in [0.717, 1.165) is 5.75 Å². The van der Waals surface area contributed by atoms with Crippen LogP contribution >= 0.6 is 0 Å². The van der Waals surface area contributed by atoms with Crippen molar-refractivity contribution in [2.45, 2.75) is 25.2 Å². The van der Waals surface area contributed by atoms with Crippen LogP contribution in [0.15, 0.2) is 42.5 Å². The summed E-state index contributed by atoms with van der Waals surface area (Å²) >= 11 is 0. The molecule has 0 aliphatic heterocycles. The van der Waals surface area contributed by atoms with Crippen LogP contribution in [0, 0.1) is 5.92 Å². The second-order valence-electron chi connectivity index (χ2n) is 6.54. The average molecular weight is 355 g/mol. The van der Waals surface area contributed by atoms with Crippen molar-refractivity contribution in [2.75, 3.05) is 26.6 Å². The van der Waals surface area contributed by atoms with Crippen molar-refractivity contribution in [3.63, 3.8) is 0 Å². The molecule has 1 aliphatic rings. The summed E-state index contributed by atoms with van der Waals surface area (Å²) in [6, 6.07) is 13.4. The fourth-order valence-electron chi connectivity index (χ4n) is 3.21. The molecular formula is C21H25NO4. The van der Waals surface area contributed by atoms with Gasteiger partial charge < -0.3 is 19.5 Å². The number of amides is 1. The predicted molar refractivity (Wildman–Crippen MR) is 101 cm³/mol. The van der Waals surface area contributed by atoms with Gasteiger partial charge in [-0.05, 0) is 54.5 Å². The van der Waals surface area contributed by atoms with Gasteiger partial charge in [0.1, 0.15) is 17.2 Å². The van der Waals surface area contributed by atoms with E-state index in [4.69, 9.17) is 14.2 Å². The molecule has 0 aromatic heterocycles. The minimum Gasteiger partial charge on any atom is -0.497 e. The lowest BCUT2D eigenvalue weighted by Crippen LogP contribution is -2.17. The van der Waals surface area contributed by atoms with Gasteiger partial charge in [0.2, 0.25) is 5.91 Å². The third kappa shape index (κ3) is 4.28. The Kier molecular flexibility index (Phi) is 5.66. The van der Waals surface area contributed by atoms with E-state index in [1.165, 1.54) is 18.4 Å². The Morgan fingerprint density at radius 1 is 1.00 bits per heavy atom. The van der Waals surface area contributed by atoms with Crippen molar-refractivity contribution in [1.82, 2.24) is 0 Å². The van der Waals surface area contributed by atoms with Crippen LogP contribution in [0.4, 0.5) is 5.69 Å². The summed E-state index contributed by atoms with van der Waals surface area (Å²) in [6.07, 6.45) is 2.80. The van der Waals surface area contributed by atoms with Crippen LogP contribution in [0.2, 0.25) is 0 Å². The van der Waals surface area contributed by atoms with Gasteiger partial charge in [-0.2, -0.15) is 0 Å². The molecule has 0 bridgehead atoms. The topological polar surface area (TPSA) is 56.8 Å². The van der Waals surface area contributed by atoms with E-state index in [1.807, 2.05) is 12.1 Å². The van der Waals surface area contributed by atoms with E-state index in [2.05, 4.69) is 17.4 Å². The molecule has 0 spiro atoms. The van der Waals surface area contributed by atoms with Crippen LogP contribution in [0.25, 0.3) is 0 Å². The Morgan fingerprint density at radius 2 is 1.65 bits per heavy atom. The zero-order chi connectivity index (χ0) is 18.5. The Bertz CT molecular complexity index is 753. The third-order valence-electron chi connectivity index (χ3n) is 4.82. The number of nitrogens with one attached hydrogen (secondary N) is 1. The number of hydrogen-bond donors (Lipinski definition) is 1. The number of ether oxygens (including phenoxy) is 3. The largest absolute Gasteiger partial charge is 0.497 e. The molecule has 2 aromatic rings. The molecule has 3 rings (SSSR count). The summed E-state index contributed by atoms with van der Waals surface area (Å²) < 4.78 is 15.8. The highest BCUT2D eigenvalue weighted by Crippen LogP contribution is 2.45. The van der Waals surface area contributed by atoms with E-state index in [9.17, 15) is 4.79 Å². The molecule has 1 N–H and O–H groups in total. The molecule has 1 saturated carbocycles. The molecule has 0 radical (unpaired) electrons. The van der Waals surface area contributed by atoms with Crippen molar-refractivity contribution in [2.24, 2.45) is 5.92 Å². The molecule has 0 heterocycles. The van der Waals surface area contributed by atoms with Crippen molar-refractivity contribution in [1.29, 1.82) is 0 Å². The first-order valence-corrected chi connectivity index (χ1v) is 8.80. The number of hydrogen-bond acceptors (Lipinski definition) is 4. The molecule has 1 unspecified atom stereocenters. The minimum atomic E-state index is -0.0128. The zero-order valence-corrected chi connectivity index (χ0v) is 15.5. The van der Waals surface area contributed by atoms with Gasteiger partial charge in [0.15, 0.2) is 0 Å². The van der Waals surface area contributed by atoms with Crippen LogP contribution in [-0.4, -0.2) is 27.2 Å². The molecular weight excluding hydrogens is 330 g/mol. The van der Waals surface area contributed by atoms with E-state index >= 15 is 0 Å². The summed E-state index contributed by atoms with van der Waals surface area (Å²) in [5.74, 6) is 2.90. The third-order valence-corrected chi connectivity index (χ3v) is 4.82. The van der Waals surface area contributed by atoms with Crippen LogP contribution in [0.1, 0.15) is 30.7 Å². The summed E-state index contributed by atoms with van der Waals surface area (Å²) in [7, 11) is 4.83. The smallest absolute Gasteiger partial charge is 0.225 e. The second-order valence-corrected chi connectivity index (χ2v) is 6.54. The number of anilines is 1. The number of benzene rings is 2. The standard InChI is InChI=1S/C21H25NO4/c1-24-16-8-6-15(7-9-16)18(14-4-5-14)13-21(23)22-19-11-10-17(25-2)12-20(19)26-3/h6-12,14,18H,4-5,13H2,1-3H3,(H,22,23). The quantitative estimate of drug-likeness (QED) is 0.770. The van der Waals surface area contributed by atoms with E-state index in [1.54, 1.807) is 39.5 Å². The monoisotopic (exact) mass is 355 g/mol. The Balaban J connectivity index is 1.70. The first-order chi connectivity index (χ1) is 12.6.